The first kappa shape index (κ1) is 35.8. The van der Waals surface area contributed by atoms with Crippen LogP contribution in [0.1, 0.15) is 62.8 Å². The number of ether oxygens (including phenoxy) is 3. The molecule has 1 aromatic carbocycles. The average Bonchev–Trinajstić information content (AvgIpc) is 3.89. The van der Waals surface area contributed by atoms with Crippen LogP contribution in [-0.2, 0) is 15.4 Å². The quantitative estimate of drug-likeness (QED) is 0.165. The largest absolute Gasteiger partial charge is 0.461 e. The Kier molecular flexibility index (Phi) is 8.88. The number of allylic oxidation sites excluding steroid dienone is 1. The summed E-state index contributed by atoms with van der Waals surface area (Å²) in [6, 6.07) is 3.74. The highest BCUT2D eigenvalue weighted by molar-refractivity contribution is 7.26. The summed E-state index contributed by atoms with van der Waals surface area (Å²) in [7, 11) is 0. The van der Waals surface area contributed by atoms with Crippen LogP contribution >= 0.6 is 11.3 Å². The third-order valence-corrected chi connectivity index (χ3v) is 12.7. The van der Waals surface area contributed by atoms with E-state index in [-0.39, 0.29) is 43.1 Å². The van der Waals surface area contributed by atoms with Crippen molar-refractivity contribution >= 4 is 48.4 Å². The average molecular weight is 764 g/mol. The molecule has 15 heteroatoms. The number of nitrogens with zero attached hydrogens (tertiary/aromatic N) is 7. The topological polar surface area (TPSA) is 111 Å². The zero-order valence-corrected chi connectivity index (χ0v) is 31.3. The van der Waals surface area contributed by atoms with Crippen molar-refractivity contribution in [1.82, 2.24) is 29.6 Å². The second-order valence-electron chi connectivity index (χ2n) is 15.6. The van der Waals surface area contributed by atoms with Gasteiger partial charge in [0.15, 0.2) is 6.23 Å². The van der Waals surface area contributed by atoms with Crippen molar-refractivity contribution in [3.05, 3.63) is 48.3 Å². The molecule has 1 unspecified atom stereocenters. The standard InChI is InChI=1S/C39H44F3N7O4S/c1-4-39(41,42)31-23(2)16-27-26(18-44-49(27)28-8-5-6-14-52-28)29(31)32-33-25(9-11-43-32)30-34(47-13-15-51-21-37(3,50)20-47)45-36(46-35(30)54-33)53-22-38-10-7-12-48(38)19-24(40)17-38/h4,9,11,16,18,24,28,50H,1,5-8,10,12-15,17,19-22H2,2-3H3/t24-,28?,37+,38+/m1/s1. The minimum Gasteiger partial charge on any atom is -0.461 e. The van der Waals surface area contributed by atoms with Crippen LogP contribution in [0.4, 0.5) is 19.0 Å². The zero-order valence-electron chi connectivity index (χ0n) is 30.5. The summed E-state index contributed by atoms with van der Waals surface area (Å²) in [6.07, 6.45) is 7.64. The molecule has 8 heterocycles. The Morgan fingerprint density at radius 2 is 2.06 bits per heavy atom. The number of benzene rings is 1. The van der Waals surface area contributed by atoms with E-state index in [1.54, 1.807) is 37.0 Å². The van der Waals surface area contributed by atoms with Gasteiger partial charge in [0.05, 0.1) is 52.8 Å². The van der Waals surface area contributed by atoms with Crippen LogP contribution in [0.5, 0.6) is 6.01 Å². The van der Waals surface area contributed by atoms with Gasteiger partial charge in [-0.05, 0) is 76.3 Å². The molecular formula is C39H44F3N7O4S. The lowest BCUT2D eigenvalue weighted by atomic mass is 9.90. The Labute approximate surface area is 314 Å². The van der Waals surface area contributed by atoms with Crippen LogP contribution in [0, 0.1) is 6.92 Å². The van der Waals surface area contributed by atoms with Crippen LogP contribution < -0.4 is 9.64 Å². The Morgan fingerprint density at radius 3 is 2.87 bits per heavy atom. The lowest BCUT2D eigenvalue weighted by Crippen LogP contribution is -2.43. The molecule has 0 bridgehead atoms. The van der Waals surface area contributed by atoms with Crippen LogP contribution in [-0.4, -0.2) is 105 Å². The lowest BCUT2D eigenvalue weighted by molar-refractivity contribution is -0.0366. The highest BCUT2D eigenvalue weighted by Crippen LogP contribution is 2.49. The second-order valence-corrected chi connectivity index (χ2v) is 16.6. The number of hydrogen-bond acceptors (Lipinski definition) is 11. The molecule has 4 atom stereocenters. The van der Waals surface area contributed by atoms with Crippen molar-refractivity contribution in [3.63, 3.8) is 0 Å². The Hall–Kier alpha value is -3.89. The number of pyridine rings is 1. The molecule has 54 heavy (non-hydrogen) atoms. The maximum Gasteiger partial charge on any atom is 0.319 e. The molecule has 0 aliphatic carbocycles. The molecule has 5 aromatic rings. The fourth-order valence-electron chi connectivity index (χ4n) is 9.11. The fraction of sp³-hybridized carbons (Fsp3) is 0.538. The normalized spacial score (nSPS) is 26.9. The van der Waals surface area contributed by atoms with Crippen molar-refractivity contribution in [3.8, 4) is 17.3 Å². The van der Waals surface area contributed by atoms with E-state index in [9.17, 15) is 9.50 Å². The SMILES string of the molecule is C=CC(F)(F)c1c(C)cc2c(cnn2C2CCCCO2)c1-c1nccc2c1sc1nc(OC[C@@]34CCCN3C[C@H](F)C4)nc(N3CCOC[C@@](C)(O)C3)c12. The van der Waals surface area contributed by atoms with E-state index >= 15 is 8.78 Å². The molecule has 4 aliphatic rings. The number of aliphatic hydroxyl groups is 1. The van der Waals surface area contributed by atoms with E-state index in [2.05, 4.69) is 11.5 Å². The van der Waals surface area contributed by atoms with Crippen LogP contribution in [0.25, 0.3) is 42.5 Å². The number of alkyl halides is 3. The third-order valence-electron chi connectivity index (χ3n) is 11.5. The molecule has 0 radical (unpaired) electrons. The number of anilines is 1. The molecule has 286 valence electrons. The van der Waals surface area contributed by atoms with Gasteiger partial charge in [0.25, 0.3) is 5.92 Å². The molecule has 0 saturated carbocycles. The highest BCUT2D eigenvalue weighted by atomic mass is 32.1. The monoisotopic (exact) mass is 763 g/mol. The molecular weight excluding hydrogens is 720 g/mol. The van der Waals surface area contributed by atoms with Crippen LogP contribution in [0.3, 0.4) is 0 Å². The molecule has 4 fully saturated rings. The molecule has 11 nitrogen and oxygen atoms in total. The van der Waals surface area contributed by atoms with Crippen LogP contribution in [0.15, 0.2) is 37.2 Å². The zero-order chi connectivity index (χ0) is 37.4. The van der Waals surface area contributed by atoms with Gasteiger partial charge in [-0.25, -0.2) is 9.07 Å². The minimum atomic E-state index is -3.38. The fourth-order valence-corrected chi connectivity index (χ4v) is 10.3. The van der Waals surface area contributed by atoms with E-state index in [0.29, 0.717) is 81.7 Å². The number of β-amino-alcohol motifs (C(OH)–C–C–N with tert-alkyl or cyclic N) is 1. The third kappa shape index (κ3) is 6.03. The summed E-state index contributed by atoms with van der Waals surface area (Å²) < 4.78 is 67.5. The van der Waals surface area contributed by atoms with Gasteiger partial charge in [-0.1, -0.05) is 6.58 Å². The summed E-state index contributed by atoms with van der Waals surface area (Å²) in [5.74, 6) is -2.85. The molecule has 0 spiro atoms. The number of fused-ring (bicyclic) bond motifs is 5. The van der Waals surface area contributed by atoms with E-state index < -0.39 is 23.2 Å². The van der Waals surface area contributed by atoms with E-state index in [1.807, 2.05) is 11.0 Å². The number of aromatic nitrogens is 5. The van der Waals surface area contributed by atoms with Crippen molar-refractivity contribution in [2.24, 2.45) is 0 Å². The maximum absolute atomic E-state index is 16.1. The van der Waals surface area contributed by atoms with Gasteiger partial charge >= 0.3 is 6.01 Å². The van der Waals surface area contributed by atoms with E-state index in [4.69, 9.17) is 34.3 Å². The van der Waals surface area contributed by atoms with Crippen molar-refractivity contribution < 1.29 is 32.5 Å². The van der Waals surface area contributed by atoms with Crippen molar-refractivity contribution in [1.29, 1.82) is 0 Å². The van der Waals surface area contributed by atoms with Gasteiger partial charge in [0, 0.05) is 54.2 Å². The van der Waals surface area contributed by atoms with Gasteiger partial charge in [0.2, 0.25) is 0 Å². The van der Waals surface area contributed by atoms with Crippen molar-refractivity contribution in [2.75, 3.05) is 57.5 Å². The molecule has 0 amide bonds. The Bertz CT molecular complexity index is 2260. The Morgan fingerprint density at radius 1 is 1.19 bits per heavy atom. The molecule has 4 aromatic heterocycles. The first-order chi connectivity index (χ1) is 26.0. The number of thiophene rings is 1. The van der Waals surface area contributed by atoms with E-state index in [1.165, 1.54) is 11.3 Å². The smallest absolute Gasteiger partial charge is 0.319 e. The second kappa shape index (κ2) is 13.4. The maximum atomic E-state index is 16.1. The summed E-state index contributed by atoms with van der Waals surface area (Å²) >= 11 is 1.33. The first-order valence-corrected chi connectivity index (χ1v) is 19.6. The van der Waals surface area contributed by atoms with Gasteiger partial charge in [-0.3, -0.25) is 9.88 Å². The Balaban J connectivity index is 1.24. The number of hydrogen-bond donors (Lipinski definition) is 1. The first-order valence-electron chi connectivity index (χ1n) is 18.8. The van der Waals surface area contributed by atoms with Gasteiger partial charge in [-0.2, -0.15) is 23.8 Å². The summed E-state index contributed by atoms with van der Waals surface area (Å²) in [5.41, 5.74) is -0.0680. The number of halogens is 3. The summed E-state index contributed by atoms with van der Waals surface area (Å²) in [6.45, 7) is 10.2. The molecule has 1 N–H and O–H groups in total. The number of rotatable bonds is 8. The summed E-state index contributed by atoms with van der Waals surface area (Å²) in [4.78, 5) is 19.4. The molecule has 9 rings (SSSR count). The van der Waals surface area contributed by atoms with Crippen LogP contribution in [0.2, 0.25) is 0 Å². The van der Waals surface area contributed by atoms with Gasteiger partial charge < -0.3 is 24.2 Å². The number of aryl methyl sites for hydroxylation is 1. The summed E-state index contributed by atoms with van der Waals surface area (Å²) in [5, 5.41) is 17.9. The van der Waals surface area contributed by atoms with Gasteiger partial charge in [0.1, 0.15) is 29.0 Å². The molecule has 4 aliphatic heterocycles. The van der Waals surface area contributed by atoms with E-state index in [0.717, 1.165) is 44.0 Å². The lowest BCUT2D eigenvalue weighted by Gasteiger charge is -2.31. The predicted molar refractivity (Wildman–Crippen MR) is 201 cm³/mol. The predicted octanol–water partition coefficient (Wildman–Crippen LogP) is 7.08. The van der Waals surface area contributed by atoms with Crippen molar-refractivity contribution in [2.45, 2.75) is 81.8 Å². The highest BCUT2D eigenvalue weighted by Gasteiger charge is 2.49. The molecule has 4 saturated heterocycles. The van der Waals surface area contributed by atoms with Gasteiger partial charge in [-0.15, -0.1) is 11.3 Å². The minimum absolute atomic E-state index is 0.137.